The van der Waals surface area contributed by atoms with E-state index < -0.39 is 11.8 Å². The molecule has 2 aromatic rings. The highest BCUT2D eigenvalue weighted by Gasteiger charge is 2.16. The quantitative estimate of drug-likeness (QED) is 0.696. The van der Waals surface area contributed by atoms with Gasteiger partial charge in [-0.25, -0.2) is 14.0 Å². The summed E-state index contributed by atoms with van der Waals surface area (Å²) in [4.78, 5) is 25.7. The van der Waals surface area contributed by atoms with Gasteiger partial charge in [0.15, 0.2) is 0 Å². The molecule has 2 aromatic carbocycles. The topological polar surface area (TPSA) is 82.7 Å². The van der Waals surface area contributed by atoms with Crippen LogP contribution in [0.3, 0.4) is 0 Å². The molecule has 4 amide bonds. The zero-order valence-corrected chi connectivity index (χ0v) is 15.3. The number of hydrogen-bond acceptors (Lipinski definition) is 3. The van der Waals surface area contributed by atoms with Gasteiger partial charge in [-0.3, -0.25) is 4.90 Å². The van der Waals surface area contributed by atoms with Crippen LogP contribution in [-0.4, -0.2) is 38.8 Å². The van der Waals surface area contributed by atoms with Crippen LogP contribution in [0.25, 0.3) is 0 Å². The number of nitrogens with zero attached hydrogens (tertiary/aromatic N) is 1. The molecule has 0 heterocycles. The molecular formula is C19H23FN4O3. The Morgan fingerprint density at radius 3 is 2.30 bits per heavy atom. The lowest BCUT2D eigenvalue weighted by atomic mass is 10.2. The highest BCUT2D eigenvalue weighted by atomic mass is 19.1. The van der Waals surface area contributed by atoms with Gasteiger partial charge in [0, 0.05) is 31.0 Å². The van der Waals surface area contributed by atoms with E-state index >= 15 is 0 Å². The summed E-state index contributed by atoms with van der Waals surface area (Å²) in [5.74, 6) is 0.282. The van der Waals surface area contributed by atoms with Crippen molar-refractivity contribution in [2.45, 2.75) is 6.92 Å². The normalized spacial score (nSPS) is 10.0. The molecule has 0 unspecified atom stereocenters. The van der Waals surface area contributed by atoms with Crippen LogP contribution in [0.5, 0.6) is 5.75 Å². The van der Waals surface area contributed by atoms with Crippen LogP contribution in [0.15, 0.2) is 48.5 Å². The van der Waals surface area contributed by atoms with Crippen molar-refractivity contribution < 1.29 is 18.7 Å². The lowest BCUT2D eigenvalue weighted by Gasteiger charge is -2.23. The van der Waals surface area contributed by atoms with Gasteiger partial charge < -0.3 is 20.7 Å². The van der Waals surface area contributed by atoms with Gasteiger partial charge in [-0.05, 0) is 55.5 Å². The van der Waals surface area contributed by atoms with E-state index in [9.17, 15) is 14.0 Å². The minimum atomic E-state index is -0.399. The van der Waals surface area contributed by atoms with Gasteiger partial charge in [0.1, 0.15) is 11.6 Å². The van der Waals surface area contributed by atoms with Crippen molar-refractivity contribution in [1.29, 1.82) is 0 Å². The minimum Gasteiger partial charge on any atom is -0.497 e. The zero-order chi connectivity index (χ0) is 19.6. The molecule has 0 saturated carbocycles. The number of benzene rings is 2. The summed E-state index contributed by atoms with van der Waals surface area (Å²) in [6.45, 7) is 2.77. The number of carbonyl (C=O) groups is 2. The Morgan fingerprint density at radius 2 is 1.70 bits per heavy atom. The molecule has 0 aliphatic rings. The predicted octanol–water partition coefficient (Wildman–Crippen LogP) is 3.19. The van der Waals surface area contributed by atoms with Gasteiger partial charge in [-0.15, -0.1) is 0 Å². The summed E-state index contributed by atoms with van der Waals surface area (Å²) in [5, 5.41) is 8.06. The van der Waals surface area contributed by atoms with Gasteiger partial charge >= 0.3 is 12.1 Å². The highest BCUT2D eigenvalue weighted by Crippen LogP contribution is 2.18. The summed E-state index contributed by atoms with van der Waals surface area (Å²) in [7, 11) is 1.56. The van der Waals surface area contributed by atoms with E-state index in [1.54, 1.807) is 31.4 Å². The van der Waals surface area contributed by atoms with E-state index in [4.69, 9.17) is 4.74 Å². The number of halogens is 1. The molecule has 0 aliphatic carbocycles. The smallest absolute Gasteiger partial charge is 0.326 e. The van der Waals surface area contributed by atoms with Crippen molar-refractivity contribution in [3.63, 3.8) is 0 Å². The molecule has 0 radical (unpaired) electrons. The fraction of sp³-hybridized carbons (Fsp3) is 0.263. The van der Waals surface area contributed by atoms with Crippen LogP contribution in [0.4, 0.5) is 25.4 Å². The lowest BCUT2D eigenvalue weighted by molar-refractivity contribution is 0.241. The number of nitrogens with one attached hydrogen (secondary N) is 3. The Balaban J connectivity index is 2.08. The summed E-state index contributed by atoms with van der Waals surface area (Å²) >= 11 is 0. The summed E-state index contributed by atoms with van der Waals surface area (Å²) in [5.41, 5.74) is 1.10. The second-order valence-electron chi connectivity index (χ2n) is 5.57. The van der Waals surface area contributed by atoms with Crippen LogP contribution >= 0.6 is 0 Å². The molecule has 144 valence electrons. The fourth-order valence-electron chi connectivity index (χ4n) is 2.34. The van der Waals surface area contributed by atoms with E-state index in [0.717, 1.165) is 0 Å². The molecule has 0 saturated heterocycles. The van der Waals surface area contributed by atoms with Crippen LogP contribution in [-0.2, 0) is 0 Å². The maximum atomic E-state index is 13.2. The molecule has 0 spiro atoms. The van der Waals surface area contributed by atoms with Gasteiger partial charge in [-0.2, -0.15) is 0 Å². The van der Waals surface area contributed by atoms with Crippen LogP contribution in [0.2, 0.25) is 0 Å². The van der Waals surface area contributed by atoms with Gasteiger partial charge in [-0.1, -0.05) is 0 Å². The first-order valence-electron chi connectivity index (χ1n) is 8.53. The molecule has 0 aliphatic heterocycles. The van der Waals surface area contributed by atoms with Crippen LogP contribution in [0, 0.1) is 5.82 Å². The second-order valence-corrected chi connectivity index (χ2v) is 5.57. The number of ether oxygens (including phenoxy) is 1. The van der Waals surface area contributed by atoms with Crippen LogP contribution < -0.4 is 25.6 Å². The van der Waals surface area contributed by atoms with Crippen molar-refractivity contribution in [3.05, 3.63) is 54.3 Å². The average Bonchev–Trinajstić information content (AvgIpc) is 2.67. The average molecular weight is 374 g/mol. The van der Waals surface area contributed by atoms with Crippen molar-refractivity contribution in [2.24, 2.45) is 0 Å². The predicted molar refractivity (Wildman–Crippen MR) is 103 cm³/mol. The number of carbonyl (C=O) groups excluding carboxylic acids is 2. The highest BCUT2D eigenvalue weighted by molar-refractivity contribution is 6.01. The fourth-order valence-corrected chi connectivity index (χ4v) is 2.34. The lowest BCUT2D eigenvalue weighted by Crippen LogP contribution is -2.43. The van der Waals surface area contributed by atoms with Gasteiger partial charge in [0.2, 0.25) is 0 Å². The first kappa shape index (κ1) is 20.0. The van der Waals surface area contributed by atoms with Gasteiger partial charge in [0.25, 0.3) is 0 Å². The largest absolute Gasteiger partial charge is 0.497 e. The van der Waals surface area contributed by atoms with Crippen molar-refractivity contribution in [2.75, 3.05) is 37.0 Å². The third-order valence-electron chi connectivity index (χ3n) is 3.68. The molecule has 3 N–H and O–H groups in total. The summed E-state index contributed by atoms with van der Waals surface area (Å²) < 4.78 is 18.3. The Bertz CT molecular complexity index is 751. The Kier molecular flexibility index (Phi) is 7.42. The first-order valence-corrected chi connectivity index (χ1v) is 8.53. The number of urea groups is 2. The third kappa shape index (κ3) is 6.18. The Labute approximate surface area is 157 Å². The van der Waals surface area contributed by atoms with E-state index in [0.29, 0.717) is 23.7 Å². The molecule has 27 heavy (non-hydrogen) atoms. The van der Waals surface area contributed by atoms with E-state index in [-0.39, 0.29) is 19.1 Å². The standard InChI is InChI=1S/C19H23FN4O3/c1-3-21-18(25)22-12-13-24(16-8-4-14(20)5-9-16)19(26)23-15-6-10-17(27-2)11-7-15/h4-11H,3,12-13H2,1-2H3,(H,23,26)(H2,21,22,25). The van der Waals surface area contributed by atoms with Crippen molar-refractivity contribution in [3.8, 4) is 5.75 Å². The van der Waals surface area contributed by atoms with E-state index in [1.807, 2.05) is 6.92 Å². The van der Waals surface area contributed by atoms with E-state index in [2.05, 4.69) is 16.0 Å². The number of amides is 4. The second kappa shape index (κ2) is 10.0. The van der Waals surface area contributed by atoms with E-state index in [1.165, 1.54) is 29.2 Å². The maximum Gasteiger partial charge on any atom is 0.326 e. The molecule has 0 atom stereocenters. The van der Waals surface area contributed by atoms with Crippen molar-refractivity contribution in [1.82, 2.24) is 10.6 Å². The molecule has 0 fully saturated rings. The maximum absolute atomic E-state index is 13.2. The zero-order valence-electron chi connectivity index (χ0n) is 15.3. The van der Waals surface area contributed by atoms with Gasteiger partial charge in [0.05, 0.1) is 7.11 Å². The molecule has 0 aromatic heterocycles. The summed E-state index contributed by atoms with van der Waals surface area (Å²) in [6, 6.07) is 11.8. The Morgan fingerprint density at radius 1 is 1.04 bits per heavy atom. The molecule has 8 heteroatoms. The third-order valence-corrected chi connectivity index (χ3v) is 3.68. The number of methoxy groups -OCH3 is 1. The number of anilines is 2. The number of rotatable bonds is 7. The molecule has 7 nitrogen and oxygen atoms in total. The monoisotopic (exact) mass is 374 g/mol. The Hall–Kier alpha value is -3.29. The molecule has 0 bridgehead atoms. The van der Waals surface area contributed by atoms with Crippen LogP contribution in [0.1, 0.15) is 6.92 Å². The summed E-state index contributed by atoms with van der Waals surface area (Å²) in [6.07, 6.45) is 0. The first-order chi connectivity index (χ1) is 13.0. The molecular weight excluding hydrogens is 351 g/mol. The SMILES string of the molecule is CCNC(=O)NCCN(C(=O)Nc1ccc(OC)cc1)c1ccc(F)cc1. The molecule has 2 rings (SSSR count). The number of hydrogen-bond donors (Lipinski definition) is 3. The minimum absolute atomic E-state index is 0.213. The van der Waals surface area contributed by atoms with Crippen molar-refractivity contribution >= 4 is 23.4 Å².